The van der Waals surface area contributed by atoms with Gasteiger partial charge in [-0.15, -0.1) is 6.42 Å². The van der Waals surface area contributed by atoms with E-state index in [0.717, 1.165) is 16.7 Å². The maximum absolute atomic E-state index is 14.3. The van der Waals surface area contributed by atoms with Gasteiger partial charge in [0, 0.05) is 6.07 Å². The molecule has 2 aromatic heterocycles. The largest absolute Gasteiger partial charge is 0.431 e. The molecule has 0 atom stereocenters. The highest BCUT2D eigenvalue weighted by Gasteiger charge is 2.33. The summed E-state index contributed by atoms with van der Waals surface area (Å²) in [5.41, 5.74) is -4.84. The molecule has 0 radical (unpaired) electrons. The number of hydrogen-bond donors (Lipinski definition) is 1. The van der Waals surface area contributed by atoms with Crippen LogP contribution in [0.2, 0.25) is 0 Å². The first-order chi connectivity index (χ1) is 12.1. The molecule has 0 aliphatic rings. The SMILES string of the molecule is C#CCn1c(=O)sc2cc(F)c(-n3c(=O)cc(C(F)(F)F)[nH]c3=O)cc21. The van der Waals surface area contributed by atoms with Crippen LogP contribution < -0.4 is 16.1 Å². The Labute approximate surface area is 144 Å². The number of nitrogens with one attached hydrogen (secondary N) is 1. The van der Waals surface area contributed by atoms with E-state index in [0.29, 0.717) is 11.3 Å². The van der Waals surface area contributed by atoms with Crippen molar-refractivity contribution in [3.05, 3.63) is 60.2 Å². The number of aromatic nitrogens is 3. The smallest absolute Gasteiger partial charge is 0.303 e. The fourth-order valence-corrected chi connectivity index (χ4v) is 3.26. The average molecular weight is 385 g/mol. The average Bonchev–Trinajstić information content (AvgIpc) is 2.81. The molecule has 6 nitrogen and oxygen atoms in total. The molecule has 0 aliphatic heterocycles. The number of alkyl halides is 3. The molecule has 0 bridgehead atoms. The molecule has 0 saturated carbocycles. The van der Waals surface area contributed by atoms with Gasteiger partial charge in [-0.1, -0.05) is 17.3 Å². The van der Waals surface area contributed by atoms with Crippen LogP contribution in [0, 0.1) is 18.2 Å². The maximum Gasteiger partial charge on any atom is 0.431 e. The molecule has 134 valence electrons. The molecule has 1 aromatic carbocycles. The van der Waals surface area contributed by atoms with Crippen LogP contribution in [0.25, 0.3) is 15.9 Å². The summed E-state index contributed by atoms with van der Waals surface area (Å²) in [6, 6.07) is 2.07. The van der Waals surface area contributed by atoms with Crippen LogP contribution in [0.5, 0.6) is 0 Å². The molecular weight excluding hydrogens is 378 g/mol. The number of nitrogens with zero attached hydrogens (tertiary/aromatic N) is 2. The van der Waals surface area contributed by atoms with Crippen LogP contribution in [0.15, 0.2) is 32.6 Å². The van der Waals surface area contributed by atoms with E-state index in [4.69, 9.17) is 6.42 Å². The van der Waals surface area contributed by atoms with Crippen LogP contribution >= 0.6 is 11.3 Å². The van der Waals surface area contributed by atoms with E-state index in [-0.39, 0.29) is 27.4 Å². The van der Waals surface area contributed by atoms with E-state index >= 15 is 0 Å². The summed E-state index contributed by atoms with van der Waals surface area (Å²) in [6.45, 7) is -0.137. The third-order valence-corrected chi connectivity index (χ3v) is 4.41. The molecule has 0 aliphatic carbocycles. The lowest BCUT2D eigenvalue weighted by molar-refractivity contribution is -0.141. The van der Waals surface area contributed by atoms with E-state index in [1.54, 1.807) is 0 Å². The second kappa shape index (κ2) is 5.99. The monoisotopic (exact) mass is 385 g/mol. The van der Waals surface area contributed by atoms with E-state index in [2.05, 4.69) is 5.92 Å². The van der Waals surface area contributed by atoms with Crippen LogP contribution in [0.1, 0.15) is 5.69 Å². The topological polar surface area (TPSA) is 76.9 Å². The van der Waals surface area contributed by atoms with Crippen molar-refractivity contribution in [1.29, 1.82) is 0 Å². The van der Waals surface area contributed by atoms with Crippen molar-refractivity contribution in [1.82, 2.24) is 14.1 Å². The summed E-state index contributed by atoms with van der Waals surface area (Å²) < 4.78 is 53.9. The molecule has 0 spiro atoms. The van der Waals surface area contributed by atoms with Gasteiger partial charge in [0.25, 0.3) is 5.56 Å². The molecule has 0 saturated heterocycles. The lowest BCUT2D eigenvalue weighted by Gasteiger charge is -2.10. The van der Waals surface area contributed by atoms with Gasteiger partial charge in [0.1, 0.15) is 11.5 Å². The maximum atomic E-state index is 14.3. The first-order valence-electron chi connectivity index (χ1n) is 6.84. The van der Waals surface area contributed by atoms with Gasteiger partial charge in [0.05, 0.1) is 22.4 Å². The molecule has 3 aromatic rings. The minimum Gasteiger partial charge on any atom is -0.303 e. The number of aromatic amines is 1. The fourth-order valence-electron chi connectivity index (χ4n) is 2.36. The fraction of sp³-hybridized carbons (Fsp3) is 0.133. The zero-order valence-electron chi connectivity index (χ0n) is 12.6. The Balaban J connectivity index is 2.33. The van der Waals surface area contributed by atoms with Crippen molar-refractivity contribution in [3.8, 4) is 18.0 Å². The van der Waals surface area contributed by atoms with Crippen molar-refractivity contribution in [2.45, 2.75) is 12.7 Å². The highest BCUT2D eigenvalue weighted by molar-refractivity contribution is 7.16. The molecule has 0 fully saturated rings. The van der Waals surface area contributed by atoms with Gasteiger partial charge in [-0.2, -0.15) is 13.2 Å². The summed E-state index contributed by atoms with van der Waals surface area (Å²) >= 11 is 0.701. The third kappa shape index (κ3) is 2.84. The van der Waals surface area contributed by atoms with E-state index in [1.807, 2.05) is 0 Å². The molecule has 2 heterocycles. The summed E-state index contributed by atoms with van der Waals surface area (Å²) in [7, 11) is 0. The molecule has 11 heteroatoms. The van der Waals surface area contributed by atoms with Crippen LogP contribution in [0.3, 0.4) is 0 Å². The van der Waals surface area contributed by atoms with Gasteiger partial charge in [-0.25, -0.2) is 13.8 Å². The lowest BCUT2D eigenvalue weighted by Crippen LogP contribution is -2.36. The third-order valence-electron chi connectivity index (χ3n) is 3.47. The molecule has 0 unspecified atom stereocenters. The summed E-state index contributed by atoms with van der Waals surface area (Å²) in [6.07, 6.45) is 0.225. The molecular formula is C15H7F4N3O3S. The first kappa shape index (κ1) is 17.7. The molecule has 1 N–H and O–H groups in total. The zero-order valence-corrected chi connectivity index (χ0v) is 13.4. The second-order valence-electron chi connectivity index (χ2n) is 5.09. The summed E-state index contributed by atoms with van der Waals surface area (Å²) in [5.74, 6) is 1.18. The quantitative estimate of drug-likeness (QED) is 0.539. The van der Waals surface area contributed by atoms with Crippen molar-refractivity contribution < 1.29 is 17.6 Å². The minimum absolute atomic E-state index is 0.137. The van der Waals surface area contributed by atoms with Crippen molar-refractivity contribution in [2.75, 3.05) is 0 Å². The Hall–Kier alpha value is -3.13. The van der Waals surface area contributed by atoms with Gasteiger partial charge in [0.2, 0.25) is 0 Å². The number of benzene rings is 1. The van der Waals surface area contributed by atoms with E-state index in [1.165, 1.54) is 4.98 Å². The molecule has 26 heavy (non-hydrogen) atoms. The number of rotatable bonds is 2. The predicted octanol–water partition coefficient (Wildman–Crippen LogP) is 1.69. The number of terminal acetylenes is 1. The van der Waals surface area contributed by atoms with E-state index in [9.17, 15) is 31.9 Å². The van der Waals surface area contributed by atoms with Gasteiger partial charge in [-0.05, 0) is 12.1 Å². The Bertz CT molecular complexity index is 1210. The van der Waals surface area contributed by atoms with Crippen molar-refractivity contribution in [2.24, 2.45) is 0 Å². The van der Waals surface area contributed by atoms with Gasteiger partial charge < -0.3 is 4.98 Å². The summed E-state index contributed by atoms with van der Waals surface area (Å²) in [5, 5.41) is 0. The number of fused-ring (bicyclic) bond motifs is 1. The van der Waals surface area contributed by atoms with Crippen LogP contribution in [-0.2, 0) is 12.7 Å². The van der Waals surface area contributed by atoms with Crippen molar-refractivity contribution >= 4 is 21.6 Å². The lowest BCUT2D eigenvalue weighted by atomic mass is 10.2. The minimum atomic E-state index is -4.94. The predicted molar refractivity (Wildman–Crippen MR) is 86.1 cm³/mol. The van der Waals surface area contributed by atoms with Gasteiger partial charge in [0.15, 0.2) is 0 Å². The highest BCUT2D eigenvalue weighted by Crippen LogP contribution is 2.26. The summed E-state index contributed by atoms with van der Waals surface area (Å²) in [4.78, 5) is 36.8. The number of H-pyrrole nitrogens is 1. The highest BCUT2D eigenvalue weighted by atomic mass is 32.1. The normalized spacial score (nSPS) is 11.7. The Morgan fingerprint density at radius 1 is 1.19 bits per heavy atom. The molecule has 3 rings (SSSR count). The second-order valence-corrected chi connectivity index (χ2v) is 6.08. The van der Waals surface area contributed by atoms with Crippen LogP contribution in [-0.4, -0.2) is 14.1 Å². The zero-order chi connectivity index (χ0) is 19.2. The molecule has 0 amide bonds. The van der Waals surface area contributed by atoms with Crippen LogP contribution in [0.4, 0.5) is 17.6 Å². The Morgan fingerprint density at radius 3 is 2.46 bits per heavy atom. The first-order valence-corrected chi connectivity index (χ1v) is 7.65. The van der Waals surface area contributed by atoms with Gasteiger partial charge >= 0.3 is 16.7 Å². The Kier molecular flexibility index (Phi) is 4.08. The standard InChI is InChI=1S/C15H7F4N3O3S/c1-2-3-21-9-5-8(7(16)4-10(9)26-14(21)25)22-12(23)6-11(15(17,18)19)20-13(22)24/h1,4-6H,3H2,(H,20,24). The Morgan fingerprint density at radius 2 is 1.88 bits per heavy atom. The van der Waals surface area contributed by atoms with Gasteiger partial charge in [-0.3, -0.25) is 14.2 Å². The number of halogens is 4. The number of hydrogen-bond acceptors (Lipinski definition) is 4. The number of thiazole rings is 1. The van der Waals surface area contributed by atoms with Crippen molar-refractivity contribution in [3.63, 3.8) is 0 Å². The van der Waals surface area contributed by atoms with E-state index < -0.39 is 39.5 Å².